The summed E-state index contributed by atoms with van der Waals surface area (Å²) in [6, 6.07) is 1.72. The van der Waals surface area contributed by atoms with Crippen molar-refractivity contribution in [3.8, 4) is 5.75 Å². The minimum Gasteiger partial charge on any atom is -0.490 e. The largest absolute Gasteiger partial charge is 0.490 e. The molecular formula is C9H8BrNO2. The van der Waals surface area contributed by atoms with Gasteiger partial charge in [0.15, 0.2) is 6.29 Å². The molecule has 0 aliphatic heterocycles. The van der Waals surface area contributed by atoms with E-state index in [1.807, 2.05) is 0 Å². The predicted molar refractivity (Wildman–Crippen MR) is 51.0 cm³/mol. The molecule has 1 aliphatic carbocycles. The Hall–Kier alpha value is -0.900. The predicted octanol–water partition coefficient (Wildman–Crippen LogP) is 2.20. The van der Waals surface area contributed by atoms with Crippen molar-refractivity contribution in [1.29, 1.82) is 0 Å². The molecule has 4 heteroatoms. The van der Waals surface area contributed by atoms with Crippen molar-refractivity contribution in [2.24, 2.45) is 0 Å². The molecule has 1 saturated carbocycles. The van der Waals surface area contributed by atoms with Crippen molar-refractivity contribution in [1.82, 2.24) is 4.98 Å². The van der Waals surface area contributed by atoms with E-state index in [9.17, 15) is 4.79 Å². The standard InChI is InChI=1S/C9H8BrNO2/c10-9-7(5-12)8(3-4-11-9)13-6-1-2-6/h3-6H,1-2H2. The summed E-state index contributed by atoms with van der Waals surface area (Å²) in [7, 11) is 0. The Kier molecular flexibility index (Phi) is 2.31. The van der Waals surface area contributed by atoms with E-state index < -0.39 is 0 Å². The third-order valence-electron chi connectivity index (χ3n) is 1.84. The van der Waals surface area contributed by atoms with Crippen molar-refractivity contribution in [3.05, 3.63) is 22.4 Å². The number of pyridine rings is 1. The molecule has 3 nitrogen and oxygen atoms in total. The summed E-state index contributed by atoms with van der Waals surface area (Å²) in [4.78, 5) is 14.6. The molecule has 0 radical (unpaired) electrons. The second kappa shape index (κ2) is 3.46. The molecule has 0 spiro atoms. The van der Waals surface area contributed by atoms with Gasteiger partial charge in [0.05, 0.1) is 11.7 Å². The van der Waals surface area contributed by atoms with Crippen LogP contribution in [0.25, 0.3) is 0 Å². The maximum absolute atomic E-state index is 10.7. The average molecular weight is 242 g/mol. The Bertz CT molecular complexity index is 336. The molecule has 0 atom stereocenters. The number of hydrogen-bond donors (Lipinski definition) is 0. The number of carbonyl (C=O) groups is 1. The molecule has 1 aromatic rings. The zero-order valence-corrected chi connectivity index (χ0v) is 8.45. The summed E-state index contributed by atoms with van der Waals surface area (Å²) < 4.78 is 6.07. The highest BCUT2D eigenvalue weighted by Crippen LogP contribution is 2.30. The Morgan fingerprint density at radius 2 is 2.38 bits per heavy atom. The first-order chi connectivity index (χ1) is 6.31. The highest BCUT2D eigenvalue weighted by molar-refractivity contribution is 9.10. The number of aromatic nitrogens is 1. The first kappa shape index (κ1) is 8.69. The summed E-state index contributed by atoms with van der Waals surface area (Å²) in [6.07, 6.45) is 4.84. The third-order valence-corrected chi connectivity index (χ3v) is 2.47. The summed E-state index contributed by atoms with van der Waals surface area (Å²) in [5.74, 6) is 0.624. The van der Waals surface area contributed by atoms with Gasteiger partial charge < -0.3 is 4.74 Å². The summed E-state index contributed by atoms with van der Waals surface area (Å²) in [6.45, 7) is 0. The van der Waals surface area contributed by atoms with Crippen LogP contribution in [-0.2, 0) is 0 Å². The molecule has 1 heterocycles. The van der Waals surface area contributed by atoms with E-state index in [2.05, 4.69) is 20.9 Å². The van der Waals surface area contributed by atoms with Crippen molar-refractivity contribution in [3.63, 3.8) is 0 Å². The highest BCUT2D eigenvalue weighted by atomic mass is 79.9. The average Bonchev–Trinajstić information content (AvgIpc) is 2.89. The smallest absolute Gasteiger partial charge is 0.156 e. The quantitative estimate of drug-likeness (QED) is 0.602. The Balaban J connectivity index is 2.30. The zero-order chi connectivity index (χ0) is 9.26. The Morgan fingerprint density at radius 3 is 3.00 bits per heavy atom. The van der Waals surface area contributed by atoms with Gasteiger partial charge in [0.2, 0.25) is 0 Å². The van der Waals surface area contributed by atoms with Gasteiger partial charge in [-0.15, -0.1) is 0 Å². The molecule has 1 aliphatic rings. The minimum atomic E-state index is 0.299. The van der Waals surface area contributed by atoms with Gasteiger partial charge in [-0.25, -0.2) is 4.98 Å². The molecule has 13 heavy (non-hydrogen) atoms. The minimum absolute atomic E-state index is 0.299. The molecule has 0 bridgehead atoms. The van der Waals surface area contributed by atoms with Crippen LogP contribution in [-0.4, -0.2) is 17.4 Å². The number of ether oxygens (including phenoxy) is 1. The third kappa shape index (κ3) is 1.88. The van der Waals surface area contributed by atoms with Gasteiger partial charge in [0, 0.05) is 6.20 Å². The lowest BCUT2D eigenvalue weighted by molar-refractivity contribution is 0.111. The van der Waals surface area contributed by atoms with Crippen LogP contribution in [0.4, 0.5) is 0 Å². The molecular weight excluding hydrogens is 234 g/mol. The van der Waals surface area contributed by atoms with Gasteiger partial charge in [-0.3, -0.25) is 4.79 Å². The topological polar surface area (TPSA) is 39.2 Å². The van der Waals surface area contributed by atoms with Crippen LogP contribution in [0.15, 0.2) is 16.9 Å². The van der Waals surface area contributed by atoms with E-state index in [0.29, 0.717) is 22.0 Å². The fourth-order valence-corrected chi connectivity index (χ4v) is 1.41. The molecule has 1 fully saturated rings. The lowest BCUT2D eigenvalue weighted by Gasteiger charge is -2.06. The number of halogens is 1. The molecule has 0 N–H and O–H groups in total. The summed E-state index contributed by atoms with van der Waals surface area (Å²) >= 11 is 3.20. The second-order valence-electron chi connectivity index (χ2n) is 2.95. The lowest BCUT2D eigenvalue weighted by Crippen LogP contribution is -2.00. The van der Waals surface area contributed by atoms with E-state index in [1.165, 1.54) is 0 Å². The highest BCUT2D eigenvalue weighted by Gasteiger charge is 2.24. The maximum atomic E-state index is 10.7. The molecule has 68 valence electrons. The molecule has 0 saturated heterocycles. The van der Waals surface area contributed by atoms with Gasteiger partial charge in [-0.1, -0.05) is 0 Å². The fourth-order valence-electron chi connectivity index (χ4n) is 1.01. The zero-order valence-electron chi connectivity index (χ0n) is 6.87. The van der Waals surface area contributed by atoms with E-state index in [-0.39, 0.29) is 0 Å². The van der Waals surface area contributed by atoms with E-state index in [4.69, 9.17) is 4.74 Å². The molecule has 0 unspecified atom stereocenters. The van der Waals surface area contributed by atoms with Crippen LogP contribution in [0.1, 0.15) is 23.2 Å². The monoisotopic (exact) mass is 241 g/mol. The number of carbonyl (C=O) groups excluding carboxylic acids is 1. The van der Waals surface area contributed by atoms with Gasteiger partial charge >= 0.3 is 0 Å². The van der Waals surface area contributed by atoms with Gasteiger partial charge in [0.1, 0.15) is 10.4 Å². The van der Waals surface area contributed by atoms with E-state index in [0.717, 1.165) is 19.1 Å². The first-order valence-electron chi connectivity index (χ1n) is 4.07. The number of rotatable bonds is 3. The van der Waals surface area contributed by atoms with Crippen molar-refractivity contribution in [2.45, 2.75) is 18.9 Å². The van der Waals surface area contributed by atoms with Crippen molar-refractivity contribution >= 4 is 22.2 Å². The Labute approximate surface area is 84.2 Å². The number of nitrogens with zero attached hydrogens (tertiary/aromatic N) is 1. The summed E-state index contributed by atoms with van der Waals surface area (Å²) in [5, 5.41) is 0. The Morgan fingerprint density at radius 1 is 1.62 bits per heavy atom. The van der Waals surface area contributed by atoms with Gasteiger partial charge in [-0.05, 0) is 34.8 Å². The second-order valence-corrected chi connectivity index (χ2v) is 3.70. The van der Waals surface area contributed by atoms with Crippen LogP contribution in [0.5, 0.6) is 5.75 Å². The molecule has 0 aromatic carbocycles. The van der Waals surface area contributed by atoms with Crippen LogP contribution in [0.2, 0.25) is 0 Å². The molecule has 2 rings (SSSR count). The summed E-state index contributed by atoms with van der Waals surface area (Å²) in [5.41, 5.74) is 0.495. The molecule has 1 aromatic heterocycles. The van der Waals surface area contributed by atoms with E-state index >= 15 is 0 Å². The van der Waals surface area contributed by atoms with Crippen LogP contribution in [0, 0.1) is 0 Å². The van der Waals surface area contributed by atoms with Crippen LogP contribution < -0.4 is 4.74 Å². The first-order valence-corrected chi connectivity index (χ1v) is 4.87. The lowest BCUT2D eigenvalue weighted by atomic mass is 10.3. The fraction of sp³-hybridized carbons (Fsp3) is 0.333. The SMILES string of the molecule is O=Cc1c(OC2CC2)ccnc1Br. The maximum Gasteiger partial charge on any atom is 0.156 e. The van der Waals surface area contributed by atoms with Gasteiger partial charge in [-0.2, -0.15) is 0 Å². The number of aldehydes is 1. The van der Waals surface area contributed by atoms with Gasteiger partial charge in [0.25, 0.3) is 0 Å². The number of hydrogen-bond acceptors (Lipinski definition) is 3. The van der Waals surface area contributed by atoms with Crippen LogP contribution in [0.3, 0.4) is 0 Å². The molecule has 0 amide bonds. The van der Waals surface area contributed by atoms with E-state index in [1.54, 1.807) is 12.3 Å². The van der Waals surface area contributed by atoms with Crippen molar-refractivity contribution in [2.75, 3.05) is 0 Å². The van der Waals surface area contributed by atoms with Crippen LogP contribution >= 0.6 is 15.9 Å². The normalized spacial score (nSPS) is 15.5. The van der Waals surface area contributed by atoms with Crippen molar-refractivity contribution < 1.29 is 9.53 Å².